The number of aromatic nitrogens is 1. The predicted octanol–water partition coefficient (Wildman–Crippen LogP) is 2.93. The van der Waals surface area contributed by atoms with E-state index in [0.29, 0.717) is 22.3 Å². The Morgan fingerprint density at radius 2 is 1.81 bits per heavy atom. The highest BCUT2D eigenvalue weighted by Gasteiger charge is 2.21. The summed E-state index contributed by atoms with van der Waals surface area (Å²) >= 11 is 0. The summed E-state index contributed by atoms with van der Waals surface area (Å²) in [6.07, 6.45) is 0. The lowest BCUT2D eigenvalue weighted by molar-refractivity contribution is 0.0699. The first kappa shape index (κ1) is 22.0. The monoisotopic (exact) mass is 458 g/mol. The number of pyridine rings is 1. The van der Waals surface area contributed by atoms with E-state index < -0.39 is 21.8 Å². The van der Waals surface area contributed by atoms with Gasteiger partial charge in [0.15, 0.2) is 0 Å². The molecule has 168 valence electrons. The van der Waals surface area contributed by atoms with Crippen LogP contribution in [0, 0.1) is 12.7 Å². The van der Waals surface area contributed by atoms with Crippen LogP contribution >= 0.6 is 0 Å². The number of anilines is 2. The van der Waals surface area contributed by atoms with Gasteiger partial charge in [-0.25, -0.2) is 22.6 Å². The number of aryl methyl sites for hydroxylation is 1. The van der Waals surface area contributed by atoms with E-state index in [1.165, 1.54) is 30.3 Å². The maximum Gasteiger partial charge on any atom is 0.336 e. The van der Waals surface area contributed by atoms with E-state index in [1.807, 2.05) is 11.9 Å². The molecule has 1 aliphatic heterocycles. The summed E-state index contributed by atoms with van der Waals surface area (Å²) in [4.78, 5) is 20.6. The van der Waals surface area contributed by atoms with E-state index in [9.17, 15) is 22.7 Å². The Morgan fingerprint density at radius 1 is 1.09 bits per heavy atom. The van der Waals surface area contributed by atoms with Crippen molar-refractivity contribution in [3.63, 3.8) is 0 Å². The minimum atomic E-state index is -4.07. The zero-order valence-corrected chi connectivity index (χ0v) is 18.5. The fourth-order valence-corrected chi connectivity index (χ4v) is 5.03. The average Bonchev–Trinajstić information content (AvgIpc) is 2.74. The SMILES string of the molecule is Cc1ccc(F)cc1S(=O)(=O)Nc1ccc2nc(N3CCN(C)CC3)cc(C(=O)O)c2c1. The van der Waals surface area contributed by atoms with Gasteiger partial charge >= 0.3 is 5.97 Å². The maximum absolute atomic E-state index is 13.6. The number of carboxylic acid groups (broad SMARTS) is 1. The molecular formula is C22H23FN4O4S. The quantitative estimate of drug-likeness (QED) is 0.606. The first-order valence-electron chi connectivity index (χ1n) is 10.0. The third-order valence-electron chi connectivity index (χ3n) is 5.54. The minimum absolute atomic E-state index is 0.0342. The third kappa shape index (κ3) is 4.37. The van der Waals surface area contributed by atoms with Crippen LogP contribution in [0.25, 0.3) is 10.9 Å². The molecule has 0 unspecified atom stereocenters. The molecule has 8 nitrogen and oxygen atoms in total. The third-order valence-corrected chi connectivity index (χ3v) is 7.07. The lowest BCUT2D eigenvalue weighted by Gasteiger charge is -2.33. The van der Waals surface area contributed by atoms with Crippen LogP contribution in [0.4, 0.5) is 15.9 Å². The number of carbonyl (C=O) groups is 1. The number of hydrogen-bond acceptors (Lipinski definition) is 6. The molecular weight excluding hydrogens is 435 g/mol. The van der Waals surface area contributed by atoms with Crippen LogP contribution in [0.5, 0.6) is 0 Å². The summed E-state index contributed by atoms with van der Waals surface area (Å²) in [6.45, 7) is 4.74. The van der Waals surface area contributed by atoms with Gasteiger partial charge in [0.2, 0.25) is 0 Å². The Balaban J connectivity index is 1.72. The van der Waals surface area contributed by atoms with Crippen molar-refractivity contribution < 1.29 is 22.7 Å². The Labute approximate surface area is 185 Å². The molecule has 0 amide bonds. The van der Waals surface area contributed by atoms with Crippen molar-refractivity contribution in [3.8, 4) is 0 Å². The Hall–Kier alpha value is -3.24. The molecule has 32 heavy (non-hydrogen) atoms. The van der Waals surface area contributed by atoms with Crippen LogP contribution in [-0.4, -0.2) is 62.6 Å². The number of benzene rings is 2. The fraction of sp³-hybridized carbons (Fsp3) is 0.273. The maximum atomic E-state index is 13.6. The number of rotatable bonds is 5. The largest absolute Gasteiger partial charge is 0.478 e. The highest BCUT2D eigenvalue weighted by Crippen LogP contribution is 2.28. The van der Waals surface area contributed by atoms with Crippen LogP contribution in [0.2, 0.25) is 0 Å². The van der Waals surface area contributed by atoms with Crippen LogP contribution < -0.4 is 9.62 Å². The minimum Gasteiger partial charge on any atom is -0.478 e. The van der Waals surface area contributed by atoms with E-state index in [2.05, 4.69) is 14.6 Å². The summed E-state index contributed by atoms with van der Waals surface area (Å²) in [6, 6.07) is 9.57. The molecule has 4 rings (SSSR count). The number of carboxylic acids is 1. The molecule has 0 bridgehead atoms. The zero-order chi connectivity index (χ0) is 23.0. The molecule has 2 N–H and O–H groups in total. The number of piperazine rings is 1. The van der Waals surface area contributed by atoms with Crippen molar-refractivity contribution >= 4 is 38.4 Å². The van der Waals surface area contributed by atoms with Crippen LogP contribution in [0.3, 0.4) is 0 Å². The van der Waals surface area contributed by atoms with Gasteiger partial charge in [0.1, 0.15) is 11.6 Å². The summed E-state index contributed by atoms with van der Waals surface area (Å²) in [7, 11) is -2.04. The van der Waals surface area contributed by atoms with Gasteiger partial charge in [-0.15, -0.1) is 0 Å². The number of nitrogens with one attached hydrogen (secondary N) is 1. The fourth-order valence-electron chi connectivity index (χ4n) is 3.72. The molecule has 2 aromatic carbocycles. The number of aromatic carboxylic acids is 1. The standard InChI is InChI=1S/C22H23FN4O4S/c1-14-3-4-15(23)11-20(14)32(30,31)25-16-5-6-19-17(12-16)18(22(28)29)13-21(24-19)27-9-7-26(2)8-10-27/h3-6,11-13,25H,7-10H2,1-2H3,(H,28,29). The molecule has 0 spiro atoms. The van der Waals surface area contributed by atoms with Gasteiger partial charge in [0.25, 0.3) is 10.0 Å². The second-order valence-corrected chi connectivity index (χ2v) is 9.52. The molecule has 3 aromatic rings. The zero-order valence-electron chi connectivity index (χ0n) is 17.7. The average molecular weight is 459 g/mol. The number of likely N-dealkylation sites (N-methyl/N-ethyl adjacent to an activating group) is 1. The van der Waals surface area contributed by atoms with Crippen molar-refractivity contribution in [2.24, 2.45) is 0 Å². The highest BCUT2D eigenvalue weighted by molar-refractivity contribution is 7.92. The first-order valence-corrected chi connectivity index (χ1v) is 11.5. The second kappa shape index (κ2) is 8.36. The Kier molecular flexibility index (Phi) is 5.74. The van der Waals surface area contributed by atoms with Gasteiger partial charge in [-0.1, -0.05) is 6.07 Å². The second-order valence-electron chi connectivity index (χ2n) is 7.87. The van der Waals surface area contributed by atoms with Crippen LogP contribution in [0.1, 0.15) is 15.9 Å². The van der Waals surface area contributed by atoms with Crippen molar-refractivity contribution in [3.05, 3.63) is 59.4 Å². The molecule has 0 atom stereocenters. The molecule has 2 heterocycles. The van der Waals surface area contributed by atoms with Crippen molar-refractivity contribution in [2.45, 2.75) is 11.8 Å². The van der Waals surface area contributed by atoms with E-state index in [1.54, 1.807) is 13.0 Å². The van der Waals surface area contributed by atoms with Crippen molar-refractivity contribution in [1.29, 1.82) is 0 Å². The first-order chi connectivity index (χ1) is 15.1. The lowest BCUT2D eigenvalue weighted by Crippen LogP contribution is -2.44. The molecule has 10 heteroatoms. The molecule has 0 radical (unpaired) electrons. The Morgan fingerprint density at radius 3 is 2.50 bits per heavy atom. The van der Waals surface area contributed by atoms with Gasteiger partial charge in [0.05, 0.1) is 16.0 Å². The molecule has 1 saturated heterocycles. The van der Waals surface area contributed by atoms with E-state index in [4.69, 9.17) is 0 Å². The van der Waals surface area contributed by atoms with Gasteiger partial charge in [-0.05, 0) is 55.9 Å². The smallest absolute Gasteiger partial charge is 0.336 e. The van der Waals surface area contributed by atoms with Crippen molar-refractivity contribution in [2.75, 3.05) is 42.8 Å². The van der Waals surface area contributed by atoms with Crippen LogP contribution in [0.15, 0.2) is 47.4 Å². The summed E-state index contributed by atoms with van der Waals surface area (Å²) in [5.41, 5.74) is 1.04. The lowest BCUT2D eigenvalue weighted by atomic mass is 10.1. The molecule has 1 aromatic heterocycles. The van der Waals surface area contributed by atoms with Gasteiger partial charge in [0, 0.05) is 37.3 Å². The number of hydrogen-bond donors (Lipinski definition) is 2. The topological polar surface area (TPSA) is 103 Å². The molecule has 0 saturated carbocycles. The molecule has 1 aliphatic rings. The number of nitrogens with zero attached hydrogens (tertiary/aromatic N) is 3. The van der Waals surface area contributed by atoms with Gasteiger partial charge in [-0.3, -0.25) is 4.72 Å². The molecule has 0 aliphatic carbocycles. The number of fused-ring (bicyclic) bond motifs is 1. The number of halogens is 1. The van der Waals surface area contributed by atoms with E-state index in [-0.39, 0.29) is 16.1 Å². The highest BCUT2D eigenvalue weighted by atomic mass is 32.2. The van der Waals surface area contributed by atoms with Crippen molar-refractivity contribution in [1.82, 2.24) is 9.88 Å². The van der Waals surface area contributed by atoms with Crippen LogP contribution in [-0.2, 0) is 10.0 Å². The number of sulfonamides is 1. The molecule has 1 fully saturated rings. The normalized spacial score (nSPS) is 15.2. The summed E-state index contributed by atoms with van der Waals surface area (Å²) in [5.74, 6) is -1.22. The predicted molar refractivity (Wildman–Crippen MR) is 120 cm³/mol. The van der Waals surface area contributed by atoms with Gasteiger partial charge in [-0.2, -0.15) is 0 Å². The van der Waals surface area contributed by atoms with E-state index >= 15 is 0 Å². The van der Waals surface area contributed by atoms with Gasteiger partial charge < -0.3 is 14.9 Å². The summed E-state index contributed by atoms with van der Waals surface area (Å²) in [5, 5.41) is 10.1. The Bertz CT molecular complexity index is 1300. The van der Waals surface area contributed by atoms with E-state index in [0.717, 1.165) is 32.2 Å². The summed E-state index contributed by atoms with van der Waals surface area (Å²) < 4.78 is 41.6.